The fraction of sp³-hybridized carbons (Fsp3) is 0.640. The first kappa shape index (κ1) is 23.6. The summed E-state index contributed by atoms with van der Waals surface area (Å²) in [5.74, 6) is 7.90. The molecule has 0 bridgehead atoms. The fourth-order valence-electron chi connectivity index (χ4n) is 3.53. The van der Waals surface area contributed by atoms with Crippen LogP contribution in [-0.2, 0) is 25.6 Å². The van der Waals surface area contributed by atoms with E-state index in [2.05, 4.69) is 11.8 Å². The highest BCUT2D eigenvalue weighted by Crippen LogP contribution is 2.30. The summed E-state index contributed by atoms with van der Waals surface area (Å²) >= 11 is 0. The molecule has 1 saturated heterocycles. The van der Waals surface area contributed by atoms with Crippen LogP contribution in [0, 0.1) is 29.6 Å². The molecule has 0 radical (unpaired) electrons. The van der Waals surface area contributed by atoms with E-state index in [-0.39, 0.29) is 30.0 Å². The van der Waals surface area contributed by atoms with E-state index in [1.807, 2.05) is 32.0 Å². The van der Waals surface area contributed by atoms with Gasteiger partial charge in [0.15, 0.2) is 0 Å². The van der Waals surface area contributed by atoms with Crippen molar-refractivity contribution in [1.82, 2.24) is 0 Å². The normalized spacial score (nSPS) is 21.5. The predicted octanol–water partition coefficient (Wildman–Crippen LogP) is 3.30. The largest absolute Gasteiger partial charge is 0.492 e. The Balaban J connectivity index is 1.53. The molecule has 170 valence electrons. The molecule has 1 aromatic rings. The molecule has 3 rings (SSSR count). The van der Waals surface area contributed by atoms with Crippen LogP contribution in [0.25, 0.3) is 0 Å². The molecule has 0 spiro atoms. The average Bonchev–Trinajstić information content (AvgIpc) is 3.49. The van der Waals surface area contributed by atoms with Gasteiger partial charge in [0.25, 0.3) is 0 Å². The highest BCUT2D eigenvalue weighted by molar-refractivity contribution is 5.75. The Morgan fingerprint density at radius 1 is 1.26 bits per heavy atom. The van der Waals surface area contributed by atoms with Gasteiger partial charge in [-0.3, -0.25) is 4.79 Å². The van der Waals surface area contributed by atoms with Crippen LogP contribution in [0.15, 0.2) is 18.2 Å². The van der Waals surface area contributed by atoms with Gasteiger partial charge in [-0.1, -0.05) is 31.8 Å². The van der Waals surface area contributed by atoms with Crippen LogP contribution in [0.4, 0.5) is 0 Å². The Hall–Kier alpha value is -2.07. The number of carbonyl (C=O) groups is 1. The van der Waals surface area contributed by atoms with E-state index < -0.39 is 0 Å². The van der Waals surface area contributed by atoms with Gasteiger partial charge in [-0.25, -0.2) is 0 Å². The van der Waals surface area contributed by atoms with Crippen molar-refractivity contribution in [1.29, 1.82) is 0 Å². The molecule has 1 aliphatic heterocycles. The van der Waals surface area contributed by atoms with Gasteiger partial charge >= 0.3 is 5.97 Å². The summed E-state index contributed by atoms with van der Waals surface area (Å²) in [6.45, 7) is 6.04. The van der Waals surface area contributed by atoms with Crippen molar-refractivity contribution in [2.75, 3.05) is 26.9 Å². The van der Waals surface area contributed by atoms with E-state index in [1.54, 1.807) is 7.11 Å². The molecule has 1 aromatic carbocycles. The number of benzene rings is 1. The first-order valence-electron chi connectivity index (χ1n) is 11.3. The molecular weight excluding hydrogens is 394 g/mol. The second kappa shape index (κ2) is 11.5. The van der Waals surface area contributed by atoms with E-state index in [9.17, 15) is 4.79 Å². The Morgan fingerprint density at radius 2 is 2.06 bits per heavy atom. The highest BCUT2D eigenvalue weighted by atomic mass is 16.6. The second-order valence-corrected chi connectivity index (χ2v) is 8.81. The lowest BCUT2D eigenvalue weighted by Gasteiger charge is -2.18. The van der Waals surface area contributed by atoms with Crippen LogP contribution >= 0.6 is 0 Å². The second-order valence-electron chi connectivity index (χ2n) is 8.81. The first-order valence-corrected chi connectivity index (χ1v) is 11.3. The quantitative estimate of drug-likeness (QED) is 0.330. The molecule has 6 nitrogen and oxygen atoms in total. The number of carbonyl (C=O) groups excluding carboxylic acids is 1. The number of methoxy groups -OCH3 is 1. The fourth-order valence-corrected chi connectivity index (χ4v) is 3.53. The van der Waals surface area contributed by atoms with Crippen molar-refractivity contribution in [3.05, 3.63) is 29.3 Å². The predicted molar refractivity (Wildman–Crippen MR) is 118 cm³/mol. The third kappa shape index (κ3) is 7.24. The molecular formula is C25H35NO5. The molecule has 1 aliphatic carbocycles. The smallest absolute Gasteiger partial charge is 0.309 e. The van der Waals surface area contributed by atoms with Crippen molar-refractivity contribution in [3.63, 3.8) is 0 Å². The number of ether oxygens (including phenoxy) is 4. The van der Waals surface area contributed by atoms with Gasteiger partial charge in [-0.05, 0) is 42.9 Å². The monoisotopic (exact) mass is 429 g/mol. The lowest BCUT2D eigenvalue weighted by Crippen LogP contribution is -2.38. The zero-order valence-corrected chi connectivity index (χ0v) is 18.9. The third-order valence-electron chi connectivity index (χ3n) is 5.70. The van der Waals surface area contributed by atoms with E-state index in [4.69, 9.17) is 24.7 Å². The van der Waals surface area contributed by atoms with Crippen molar-refractivity contribution < 1.29 is 23.7 Å². The van der Waals surface area contributed by atoms with E-state index in [1.165, 1.54) is 12.8 Å². The zero-order valence-electron chi connectivity index (χ0n) is 18.9. The Labute approximate surface area is 185 Å². The Bertz CT molecular complexity index is 793. The molecule has 2 fully saturated rings. The summed E-state index contributed by atoms with van der Waals surface area (Å²) in [6, 6.07) is 5.65. The van der Waals surface area contributed by atoms with E-state index in [0.717, 1.165) is 23.3 Å². The van der Waals surface area contributed by atoms with Crippen LogP contribution in [0.5, 0.6) is 5.75 Å². The van der Waals surface area contributed by atoms with Crippen molar-refractivity contribution >= 4 is 5.97 Å². The maximum absolute atomic E-state index is 12.0. The Kier molecular flexibility index (Phi) is 8.77. The maximum atomic E-state index is 12.0. The SMILES string of the molecule is COCCCOc1cc(COCC(N)C2C[C@@H](C(C)C)C(=O)O2)ccc1C#CC1CC1. The van der Waals surface area contributed by atoms with E-state index >= 15 is 0 Å². The third-order valence-corrected chi connectivity index (χ3v) is 5.70. The molecule has 1 saturated carbocycles. The molecule has 31 heavy (non-hydrogen) atoms. The van der Waals surface area contributed by atoms with Crippen LogP contribution < -0.4 is 10.5 Å². The molecule has 2 aliphatic rings. The summed E-state index contributed by atoms with van der Waals surface area (Å²) in [5, 5.41) is 0. The van der Waals surface area contributed by atoms with Crippen molar-refractivity contribution in [2.45, 2.75) is 58.3 Å². The lowest BCUT2D eigenvalue weighted by molar-refractivity contribution is -0.146. The summed E-state index contributed by atoms with van der Waals surface area (Å²) in [6.07, 6.45) is 3.59. The molecule has 0 aromatic heterocycles. The number of hydrogen-bond acceptors (Lipinski definition) is 6. The number of nitrogens with two attached hydrogens (primary N) is 1. The lowest BCUT2D eigenvalue weighted by atomic mass is 9.91. The number of rotatable bonds is 11. The molecule has 2 N–H and O–H groups in total. The molecule has 1 heterocycles. The number of cyclic esters (lactones) is 1. The maximum Gasteiger partial charge on any atom is 0.309 e. The van der Waals surface area contributed by atoms with Crippen LogP contribution in [-0.4, -0.2) is 45.0 Å². The van der Waals surface area contributed by atoms with Gasteiger partial charge in [0.2, 0.25) is 0 Å². The minimum absolute atomic E-state index is 0.0711. The van der Waals surface area contributed by atoms with Gasteiger partial charge in [0, 0.05) is 26.1 Å². The molecule has 0 amide bonds. The minimum atomic E-state index is -0.332. The van der Waals surface area contributed by atoms with Crippen molar-refractivity contribution in [3.8, 4) is 17.6 Å². The van der Waals surface area contributed by atoms with Gasteiger partial charge in [-0.15, -0.1) is 0 Å². The van der Waals surface area contributed by atoms with E-state index in [0.29, 0.717) is 38.8 Å². The molecule has 3 atom stereocenters. The van der Waals surface area contributed by atoms with Gasteiger partial charge in [-0.2, -0.15) is 0 Å². The van der Waals surface area contributed by atoms with Gasteiger partial charge in [0.05, 0.1) is 37.3 Å². The first-order chi connectivity index (χ1) is 15.0. The van der Waals surface area contributed by atoms with Crippen molar-refractivity contribution in [2.24, 2.45) is 23.5 Å². The summed E-state index contributed by atoms with van der Waals surface area (Å²) < 4.78 is 22.4. The zero-order chi connectivity index (χ0) is 22.2. The highest BCUT2D eigenvalue weighted by Gasteiger charge is 2.39. The van der Waals surface area contributed by atoms with Crippen LogP contribution in [0.1, 0.15) is 50.7 Å². The summed E-state index contributed by atoms with van der Waals surface area (Å²) in [5.41, 5.74) is 8.13. The standard InChI is InChI=1S/C25H35NO5/c1-17(2)21-14-24(31-25(21)27)22(26)16-29-15-19-8-10-20(9-7-18-5-6-18)23(13-19)30-12-4-11-28-3/h8,10,13,17-18,21-22,24H,4-6,11-12,14-16,26H2,1-3H3/t21-,22?,24?/m0/s1. The van der Waals surface area contributed by atoms with Gasteiger partial charge in [0.1, 0.15) is 11.9 Å². The Morgan fingerprint density at radius 3 is 2.74 bits per heavy atom. The number of hydrogen-bond donors (Lipinski definition) is 1. The average molecular weight is 430 g/mol. The van der Waals surface area contributed by atoms with Crippen LogP contribution in [0.2, 0.25) is 0 Å². The number of esters is 1. The summed E-state index contributed by atoms with van der Waals surface area (Å²) in [7, 11) is 1.69. The van der Waals surface area contributed by atoms with Crippen LogP contribution in [0.3, 0.4) is 0 Å². The minimum Gasteiger partial charge on any atom is -0.492 e. The topological polar surface area (TPSA) is 80.0 Å². The van der Waals surface area contributed by atoms with Gasteiger partial charge < -0.3 is 24.7 Å². The summed E-state index contributed by atoms with van der Waals surface area (Å²) in [4.78, 5) is 12.0. The molecule has 2 unspecified atom stereocenters. The molecule has 6 heteroatoms.